The van der Waals surface area contributed by atoms with Crippen molar-refractivity contribution in [3.05, 3.63) is 90.6 Å². The Bertz CT molecular complexity index is 1290. The van der Waals surface area contributed by atoms with E-state index in [1.165, 1.54) is 5.56 Å². The first-order valence-electron chi connectivity index (χ1n) is 9.82. The van der Waals surface area contributed by atoms with Crippen molar-refractivity contribution in [1.29, 1.82) is 0 Å². The van der Waals surface area contributed by atoms with Crippen LogP contribution in [-0.2, 0) is 0 Å². The zero-order valence-electron chi connectivity index (χ0n) is 16.5. The van der Waals surface area contributed by atoms with Gasteiger partial charge in [-0.25, -0.2) is 4.98 Å². The molecule has 2 heterocycles. The average Bonchev–Trinajstić information content (AvgIpc) is 3.25. The fourth-order valence-electron chi connectivity index (χ4n) is 3.84. The van der Waals surface area contributed by atoms with Crippen molar-refractivity contribution in [2.45, 2.75) is 13.0 Å². The van der Waals surface area contributed by atoms with Crippen LogP contribution in [0.2, 0.25) is 0 Å². The number of rotatable bonds is 4. The van der Waals surface area contributed by atoms with Gasteiger partial charge in [-0.1, -0.05) is 54.6 Å². The van der Waals surface area contributed by atoms with E-state index >= 15 is 0 Å². The number of pyridine rings is 1. The molecule has 29 heavy (non-hydrogen) atoms. The summed E-state index contributed by atoms with van der Waals surface area (Å²) in [4.78, 5) is 7.37. The van der Waals surface area contributed by atoms with Gasteiger partial charge in [0.1, 0.15) is 0 Å². The summed E-state index contributed by atoms with van der Waals surface area (Å²) < 4.78 is 0. The summed E-state index contributed by atoms with van der Waals surface area (Å²) >= 11 is 0. The Balaban J connectivity index is 1.69. The molecule has 0 radical (unpaired) electrons. The molecule has 3 aromatic carbocycles. The quantitative estimate of drug-likeness (QED) is 0.419. The molecule has 0 aliphatic rings. The highest BCUT2D eigenvalue weighted by atomic mass is 15.1. The summed E-state index contributed by atoms with van der Waals surface area (Å²) in [6, 6.07) is 27.7. The lowest BCUT2D eigenvalue weighted by atomic mass is 10.0. The highest BCUT2D eigenvalue weighted by Crippen LogP contribution is 2.36. The zero-order chi connectivity index (χ0) is 19.8. The first-order valence-corrected chi connectivity index (χ1v) is 9.82. The van der Waals surface area contributed by atoms with Crippen molar-refractivity contribution in [1.82, 2.24) is 15.2 Å². The molecule has 0 aliphatic carbocycles. The SMILES string of the molecule is C[C@@H](c1ccccc1)N(C)c1cc2ccccc2nc1-c1ccc2[nH]ncc2c1. The van der Waals surface area contributed by atoms with Crippen LogP contribution in [0.1, 0.15) is 18.5 Å². The molecular formula is C25H22N4. The monoisotopic (exact) mass is 378 g/mol. The molecule has 0 saturated carbocycles. The molecule has 4 nitrogen and oxygen atoms in total. The molecule has 0 aliphatic heterocycles. The third kappa shape index (κ3) is 3.13. The standard InChI is InChI=1S/C25H22N4/c1-17(18-8-4-3-5-9-18)29(2)24-15-19-10-6-7-11-22(19)27-25(24)20-12-13-23-21(14-20)16-26-28-23/h3-17H,1-2H3,(H,26,28)/t17-/m0/s1. The molecule has 142 valence electrons. The summed E-state index contributed by atoms with van der Waals surface area (Å²) in [5, 5.41) is 9.41. The van der Waals surface area contributed by atoms with E-state index in [1.54, 1.807) is 0 Å². The maximum absolute atomic E-state index is 5.06. The molecule has 1 atom stereocenters. The van der Waals surface area contributed by atoms with Crippen LogP contribution >= 0.6 is 0 Å². The molecule has 2 aromatic heterocycles. The highest BCUT2D eigenvalue weighted by Gasteiger charge is 2.18. The number of aromatic nitrogens is 3. The Morgan fingerprint density at radius 3 is 2.52 bits per heavy atom. The van der Waals surface area contributed by atoms with Gasteiger partial charge in [-0.3, -0.25) is 5.10 Å². The van der Waals surface area contributed by atoms with E-state index < -0.39 is 0 Å². The second kappa shape index (κ2) is 7.06. The summed E-state index contributed by atoms with van der Waals surface area (Å²) in [6.45, 7) is 2.23. The van der Waals surface area contributed by atoms with Gasteiger partial charge in [0.25, 0.3) is 0 Å². The Morgan fingerprint density at radius 1 is 0.862 bits per heavy atom. The van der Waals surface area contributed by atoms with E-state index in [1.807, 2.05) is 12.3 Å². The summed E-state index contributed by atoms with van der Waals surface area (Å²) in [5.41, 5.74) is 6.49. The van der Waals surface area contributed by atoms with E-state index in [0.29, 0.717) is 0 Å². The van der Waals surface area contributed by atoms with Crippen LogP contribution in [0.4, 0.5) is 5.69 Å². The molecule has 0 saturated heterocycles. The summed E-state index contributed by atoms with van der Waals surface area (Å²) in [6.07, 6.45) is 1.86. The number of H-pyrrole nitrogens is 1. The maximum atomic E-state index is 5.06. The van der Waals surface area contributed by atoms with Gasteiger partial charge < -0.3 is 4.90 Å². The van der Waals surface area contributed by atoms with Gasteiger partial charge in [-0.05, 0) is 36.8 Å². The third-order valence-corrected chi connectivity index (χ3v) is 5.66. The zero-order valence-corrected chi connectivity index (χ0v) is 16.5. The van der Waals surface area contributed by atoms with Crippen molar-refractivity contribution >= 4 is 27.5 Å². The summed E-state index contributed by atoms with van der Waals surface area (Å²) in [7, 11) is 2.14. The Morgan fingerprint density at radius 2 is 1.66 bits per heavy atom. The first-order chi connectivity index (χ1) is 14.2. The largest absolute Gasteiger partial charge is 0.366 e. The molecule has 5 aromatic rings. The van der Waals surface area contributed by atoms with Crippen LogP contribution in [0.15, 0.2) is 85.1 Å². The van der Waals surface area contributed by atoms with Crippen molar-refractivity contribution < 1.29 is 0 Å². The molecule has 0 spiro atoms. The van der Waals surface area contributed by atoms with Gasteiger partial charge in [0.15, 0.2) is 0 Å². The third-order valence-electron chi connectivity index (χ3n) is 5.66. The normalized spacial score (nSPS) is 12.3. The van der Waals surface area contributed by atoms with E-state index in [4.69, 9.17) is 4.98 Å². The van der Waals surface area contributed by atoms with E-state index in [0.717, 1.165) is 38.8 Å². The fourth-order valence-corrected chi connectivity index (χ4v) is 3.84. The van der Waals surface area contributed by atoms with Gasteiger partial charge in [-0.15, -0.1) is 0 Å². The number of anilines is 1. The minimum atomic E-state index is 0.218. The molecule has 0 amide bonds. The van der Waals surface area contributed by atoms with Crippen LogP contribution < -0.4 is 4.90 Å². The van der Waals surface area contributed by atoms with Gasteiger partial charge >= 0.3 is 0 Å². The van der Waals surface area contributed by atoms with Crippen LogP contribution in [0, 0.1) is 0 Å². The lowest BCUT2D eigenvalue weighted by molar-refractivity contribution is 0.740. The number of nitrogens with zero attached hydrogens (tertiary/aromatic N) is 3. The highest BCUT2D eigenvalue weighted by molar-refractivity contribution is 5.92. The molecule has 0 fully saturated rings. The average molecular weight is 378 g/mol. The molecule has 5 rings (SSSR count). The van der Waals surface area contributed by atoms with E-state index in [9.17, 15) is 0 Å². The van der Waals surface area contributed by atoms with Crippen LogP contribution in [0.5, 0.6) is 0 Å². The second-order valence-electron chi connectivity index (χ2n) is 7.42. The number of hydrogen-bond donors (Lipinski definition) is 1. The van der Waals surface area contributed by atoms with E-state index in [-0.39, 0.29) is 6.04 Å². The number of nitrogens with one attached hydrogen (secondary N) is 1. The van der Waals surface area contributed by atoms with Gasteiger partial charge in [0, 0.05) is 23.4 Å². The molecule has 0 unspecified atom stereocenters. The molecule has 4 heteroatoms. The number of fused-ring (bicyclic) bond motifs is 2. The smallest absolute Gasteiger partial charge is 0.0943 e. The number of hydrogen-bond acceptors (Lipinski definition) is 3. The van der Waals surface area contributed by atoms with Gasteiger partial charge in [-0.2, -0.15) is 5.10 Å². The van der Waals surface area contributed by atoms with E-state index in [2.05, 4.69) is 102 Å². The van der Waals surface area contributed by atoms with Gasteiger partial charge in [0.2, 0.25) is 0 Å². The maximum Gasteiger partial charge on any atom is 0.0943 e. The predicted octanol–water partition coefficient (Wildman–Crippen LogP) is 5.98. The van der Waals surface area contributed by atoms with Crippen LogP contribution in [0.25, 0.3) is 33.1 Å². The minimum absolute atomic E-state index is 0.218. The fraction of sp³-hybridized carbons (Fsp3) is 0.120. The number of aromatic amines is 1. The summed E-state index contributed by atoms with van der Waals surface area (Å²) in [5.74, 6) is 0. The first kappa shape index (κ1) is 17.4. The topological polar surface area (TPSA) is 44.8 Å². The van der Waals surface area contributed by atoms with Crippen LogP contribution in [-0.4, -0.2) is 22.2 Å². The predicted molar refractivity (Wildman–Crippen MR) is 120 cm³/mol. The molecule has 1 N–H and O–H groups in total. The minimum Gasteiger partial charge on any atom is -0.366 e. The Labute approximate surface area is 169 Å². The van der Waals surface area contributed by atoms with Gasteiger partial charge in [0.05, 0.1) is 34.7 Å². The van der Waals surface area contributed by atoms with Crippen LogP contribution in [0.3, 0.4) is 0 Å². The Hall–Kier alpha value is -3.66. The molecular weight excluding hydrogens is 356 g/mol. The van der Waals surface area contributed by atoms with Crippen molar-refractivity contribution in [2.24, 2.45) is 0 Å². The second-order valence-corrected chi connectivity index (χ2v) is 7.42. The number of benzene rings is 3. The Kier molecular flexibility index (Phi) is 4.24. The number of para-hydroxylation sites is 1. The van der Waals surface area contributed by atoms with Crippen molar-refractivity contribution in [3.8, 4) is 11.3 Å². The molecule has 0 bridgehead atoms. The van der Waals surface area contributed by atoms with Crippen molar-refractivity contribution in [2.75, 3.05) is 11.9 Å². The van der Waals surface area contributed by atoms with Crippen molar-refractivity contribution in [3.63, 3.8) is 0 Å². The lowest BCUT2D eigenvalue weighted by Crippen LogP contribution is -2.22. The lowest BCUT2D eigenvalue weighted by Gasteiger charge is -2.29.